The highest BCUT2D eigenvalue weighted by molar-refractivity contribution is 5.70. The second-order valence-corrected chi connectivity index (χ2v) is 6.04. The number of imidazole rings is 1. The van der Waals surface area contributed by atoms with E-state index in [0.717, 1.165) is 23.1 Å². The predicted molar refractivity (Wildman–Crippen MR) is 81.1 cm³/mol. The van der Waals surface area contributed by atoms with Gasteiger partial charge in [-0.15, -0.1) is 0 Å². The highest BCUT2D eigenvalue weighted by Crippen LogP contribution is 2.38. The normalized spacial score (nSPS) is 26.6. The van der Waals surface area contributed by atoms with Crippen LogP contribution in [0.3, 0.4) is 0 Å². The summed E-state index contributed by atoms with van der Waals surface area (Å²) < 4.78 is 2.29. The van der Waals surface area contributed by atoms with Gasteiger partial charge in [-0.3, -0.25) is 0 Å². The maximum absolute atomic E-state index is 6.01. The summed E-state index contributed by atoms with van der Waals surface area (Å²) in [5, 5.41) is 0. The Morgan fingerprint density at radius 3 is 2.85 bits per heavy atom. The van der Waals surface area contributed by atoms with Crippen LogP contribution in [0.5, 0.6) is 0 Å². The highest BCUT2D eigenvalue weighted by atomic mass is 15.1. The molecule has 3 rings (SSSR count). The van der Waals surface area contributed by atoms with Crippen molar-refractivity contribution in [3.8, 4) is 11.3 Å². The lowest BCUT2D eigenvalue weighted by Gasteiger charge is -2.33. The summed E-state index contributed by atoms with van der Waals surface area (Å²) in [5.41, 5.74) is 8.08. The first-order chi connectivity index (χ1) is 9.66. The van der Waals surface area contributed by atoms with Crippen LogP contribution in [0.4, 0.5) is 5.82 Å². The van der Waals surface area contributed by atoms with E-state index in [-0.39, 0.29) is 0 Å². The zero-order valence-electron chi connectivity index (χ0n) is 12.2. The Kier molecular flexibility index (Phi) is 3.47. The third kappa shape index (κ3) is 2.30. The fraction of sp³-hybridized carbons (Fsp3) is 0.500. The first kappa shape index (κ1) is 13.2. The summed E-state index contributed by atoms with van der Waals surface area (Å²) in [6.45, 7) is 4.71. The molecular weight excluding hydrogens is 248 g/mol. The molecule has 3 unspecified atom stereocenters. The second kappa shape index (κ2) is 5.27. The van der Waals surface area contributed by atoms with Gasteiger partial charge in [0.05, 0.1) is 18.2 Å². The highest BCUT2D eigenvalue weighted by Gasteiger charge is 2.27. The van der Waals surface area contributed by atoms with Crippen LogP contribution in [0.2, 0.25) is 0 Å². The molecule has 2 heterocycles. The molecule has 0 aromatic carbocycles. The Bertz CT molecular complexity index is 590. The van der Waals surface area contributed by atoms with Crippen molar-refractivity contribution in [3.63, 3.8) is 0 Å². The van der Waals surface area contributed by atoms with Gasteiger partial charge in [-0.2, -0.15) is 0 Å². The Hall–Kier alpha value is -1.84. The zero-order chi connectivity index (χ0) is 14.1. The summed E-state index contributed by atoms with van der Waals surface area (Å²) >= 11 is 0. The molecule has 1 fully saturated rings. The zero-order valence-corrected chi connectivity index (χ0v) is 12.2. The van der Waals surface area contributed by atoms with Crippen LogP contribution in [0, 0.1) is 11.8 Å². The average Bonchev–Trinajstić information content (AvgIpc) is 2.91. The lowest BCUT2D eigenvalue weighted by Crippen LogP contribution is -2.23. The molecule has 1 aliphatic rings. The molecule has 106 valence electrons. The van der Waals surface area contributed by atoms with Gasteiger partial charge in [0.25, 0.3) is 0 Å². The van der Waals surface area contributed by atoms with Crippen molar-refractivity contribution in [3.05, 3.63) is 30.9 Å². The van der Waals surface area contributed by atoms with Crippen molar-refractivity contribution in [2.75, 3.05) is 5.73 Å². The Balaban J connectivity index is 1.93. The minimum Gasteiger partial charge on any atom is -0.383 e. The van der Waals surface area contributed by atoms with Crippen molar-refractivity contribution in [1.82, 2.24) is 14.5 Å². The van der Waals surface area contributed by atoms with E-state index < -0.39 is 0 Å². The van der Waals surface area contributed by atoms with E-state index in [1.807, 2.05) is 24.7 Å². The van der Waals surface area contributed by atoms with Crippen molar-refractivity contribution in [2.24, 2.45) is 11.8 Å². The molecule has 1 aliphatic carbocycles. The number of nitrogen functional groups attached to an aromatic ring is 1. The molecule has 20 heavy (non-hydrogen) atoms. The summed E-state index contributed by atoms with van der Waals surface area (Å²) in [4.78, 5) is 8.52. The number of hydrogen-bond acceptors (Lipinski definition) is 3. The number of nitrogens with zero attached hydrogens (tertiary/aromatic N) is 3. The molecule has 4 heteroatoms. The van der Waals surface area contributed by atoms with Crippen molar-refractivity contribution in [2.45, 2.75) is 39.2 Å². The first-order valence-corrected chi connectivity index (χ1v) is 7.39. The van der Waals surface area contributed by atoms with E-state index in [1.165, 1.54) is 19.3 Å². The molecule has 0 spiro atoms. The van der Waals surface area contributed by atoms with Gasteiger partial charge >= 0.3 is 0 Å². The maximum Gasteiger partial charge on any atom is 0.132 e. The van der Waals surface area contributed by atoms with Crippen LogP contribution in [0.1, 0.15) is 39.2 Å². The second-order valence-electron chi connectivity index (χ2n) is 6.04. The van der Waals surface area contributed by atoms with Crippen LogP contribution in [-0.4, -0.2) is 14.5 Å². The molecule has 1 saturated carbocycles. The number of hydrogen-bond donors (Lipinski definition) is 1. The summed E-state index contributed by atoms with van der Waals surface area (Å²) in [6.07, 6.45) is 9.28. The van der Waals surface area contributed by atoms with Gasteiger partial charge in [0.2, 0.25) is 0 Å². The van der Waals surface area contributed by atoms with E-state index in [1.54, 1.807) is 6.20 Å². The summed E-state index contributed by atoms with van der Waals surface area (Å²) in [6, 6.07) is 4.47. The lowest BCUT2D eigenvalue weighted by molar-refractivity contribution is 0.211. The fourth-order valence-electron chi connectivity index (χ4n) is 3.21. The molecule has 0 radical (unpaired) electrons. The number of nitrogens with two attached hydrogens (primary N) is 1. The Morgan fingerprint density at radius 1 is 1.25 bits per heavy atom. The Morgan fingerprint density at radius 2 is 2.10 bits per heavy atom. The number of anilines is 1. The summed E-state index contributed by atoms with van der Waals surface area (Å²) in [5.74, 6) is 2.16. The number of aromatic nitrogens is 3. The summed E-state index contributed by atoms with van der Waals surface area (Å²) in [7, 11) is 0. The molecule has 4 nitrogen and oxygen atoms in total. The molecule has 0 amide bonds. The van der Waals surface area contributed by atoms with Gasteiger partial charge in [0.15, 0.2) is 0 Å². The van der Waals surface area contributed by atoms with Gasteiger partial charge in [-0.05, 0) is 43.2 Å². The quantitative estimate of drug-likeness (QED) is 0.908. The molecule has 2 aromatic heterocycles. The van der Waals surface area contributed by atoms with Gasteiger partial charge < -0.3 is 10.3 Å². The largest absolute Gasteiger partial charge is 0.383 e. The topological polar surface area (TPSA) is 56.7 Å². The van der Waals surface area contributed by atoms with E-state index in [9.17, 15) is 0 Å². The molecule has 2 aromatic rings. The van der Waals surface area contributed by atoms with Gasteiger partial charge in [0.1, 0.15) is 5.82 Å². The van der Waals surface area contributed by atoms with E-state index in [4.69, 9.17) is 5.73 Å². The molecule has 0 aliphatic heterocycles. The lowest BCUT2D eigenvalue weighted by atomic mass is 9.79. The third-order valence-electron chi connectivity index (χ3n) is 4.74. The fourth-order valence-corrected chi connectivity index (χ4v) is 3.21. The molecule has 3 atom stereocenters. The van der Waals surface area contributed by atoms with Crippen molar-refractivity contribution < 1.29 is 0 Å². The average molecular weight is 270 g/mol. The maximum atomic E-state index is 6.01. The van der Waals surface area contributed by atoms with Crippen molar-refractivity contribution in [1.29, 1.82) is 0 Å². The molecular formula is C16H22N4. The van der Waals surface area contributed by atoms with Crippen LogP contribution < -0.4 is 5.73 Å². The van der Waals surface area contributed by atoms with Crippen LogP contribution >= 0.6 is 0 Å². The third-order valence-corrected chi connectivity index (χ3v) is 4.74. The van der Waals surface area contributed by atoms with E-state index >= 15 is 0 Å². The standard InChI is InChI=1S/C16H22N4/c1-11-5-6-13(8-12(11)2)20-10-18-9-15(20)14-4-3-7-19-16(14)17/h3-4,7,9-13H,5-6,8H2,1-2H3,(H2,17,19). The van der Waals surface area contributed by atoms with Gasteiger partial charge in [0, 0.05) is 17.8 Å². The van der Waals surface area contributed by atoms with Crippen LogP contribution in [0.15, 0.2) is 30.9 Å². The minimum atomic E-state index is 0.526. The predicted octanol–water partition coefficient (Wildman–Crippen LogP) is 3.52. The van der Waals surface area contributed by atoms with E-state index in [2.05, 4.69) is 28.4 Å². The molecule has 0 saturated heterocycles. The number of pyridine rings is 1. The van der Waals surface area contributed by atoms with Crippen LogP contribution in [-0.2, 0) is 0 Å². The molecule has 2 N–H and O–H groups in total. The smallest absolute Gasteiger partial charge is 0.132 e. The SMILES string of the molecule is CC1CCC(n2cncc2-c2cccnc2N)CC1C. The van der Waals surface area contributed by atoms with Crippen LogP contribution in [0.25, 0.3) is 11.3 Å². The van der Waals surface area contributed by atoms with E-state index in [0.29, 0.717) is 11.9 Å². The monoisotopic (exact) mass is 270 g/mol. The Labute approximate surface area is 120 Å². The van der Waals surface area contributed by atoms with Gasteiger partial charge in [-0.1, -0.05) is 13.8 Å². The number of rotatable bonds is 2. The van der Waals surface area contributed by atoms with Crippen molar-refractivity contribution >= 4 is 5.82 Å². The van der Waals surface area contributed by atoms with Gasteiger partial charge in [-0.25, -0.2) is 9.97 Å². The molecule has 0 bridgehead atoms. The first-order valence-electron chi connectivity index (χ1n) is 7.39. The minimum absolute atomic E-state index is 0.526.